The molecular weight excluding hydrogens is 228 g/mol. The highest BCUT2D eigenvalue weighted by Gasteiger charge is 2.00. The molecule has 0 saturated heterocycles. The Kier molecular flexibility index (Phi) is 11.7. The molecule has 0 heterocycles. The number of rotatable bonds is 10. The minimum atomic E-state index is -0.334. The van der Waals surface area contributed by atoms with Crippen LogP contribution in [0.3, 0.4) is 0 Å². The second-order valence-electron chi connectivity index (χ2n) is 4.57. The fourth-order valence-corrected chi connectivity index (χ4v) is 1.64. The molecule has 0 spiro atoms. The van der Waals surface area contributed by atoms with Crippen molar-refractivity contribution in [2.45, 2.75) is 78.1 Å². The molecule has 0 radical (unpaired) electrons. The predicted molar refractivity (Wildman–Crippen MR) is 72.4 cm³/mol. The first-order valence-corrected chi connectivity index (χ1v) is 7.18. The smallest absolute Gasteiger partial charge is 0.264 e. The third kappa shape index (κ3) is 11.4. The summed E-state index contributed by atoms with van der Waals surface area (Å²) in [6, 6.07) is 0. The van der Waals surface area contributed by atoms with E-state index in [0.29, 0.717) is 12.8 Å². The monoisotopic (exact) mass is 254 g/mol. The van der Waals surface area contributed by atoms with Gasteiger partial charge in [-0.25, -0.2) is 0 Å². The van der Waals surface area contributed by atoms with Crippen LogP contribution in [0.4, 0.5) is 0 Å². The van der Waals surface area contributed by atoms with Crippen LogP contribution in [0.5, 0.6) is 0 Å². The zero-order chi connectivity index (χ0) is 13.6. The maximum atomic E-state index is 11.2. The second kappa shape index (κ2) is 12.4. The van der Waals surface area contributed by atoms with Crippen molar-refractivity contribution in [3.63, 3.8) is 0 Å². The Morgan fingerprint density at radius 2 is 1.22 bits per heavy atom. The van der Waals surface area contributed by atoms with E-state index in [-0.39, 0.29) is 11.8 Å². The Morgan fingerprint density at radius 3 is 1.78 bits per heavy atom. The van der Waals surface area contributed by atoms with Gasteiger partial charge in [0.25, 0.3) is 11.8 Å². The van der Waals surface area contributed by atoms with Gasteiger partial charge in [0.05, 0.1) is 0 Å². The van der Waals surface area contributed by atoms with E-state index < -0.39 is 0 Å². The molecule has 2 amide bonds. The summed E-state index contributed by atoms with van der Waals surface area (Å²) >= 11 is 0. The van der Waals surface area contributed by atoms with E-state index in [2.05, 4.69) is 17.2 Å². The van der Waals surface area contributed by atoms with E-state index in [1.165, 1.54) is 38.5 Å². The van der Waals surface area contributed by atoms with E-state index in [1.54, 1.807) is 6.92 Å². The number of carbonyl (C=O) groups is 2. The number of hydrogen-bond acceptors (Lipinski definition) is 2. The van der Waals surface area contributed by atoms with Crippen molar-refractivity contribution < 1.29 is 9.59 Å². The molecule has 0 rings (SSSR count). The number of nitrogens with zero attached hydrogens (tertiary/aromatic N) is 2. The standard InChI is InChI=1S/C14H26N2O2/c1-3-5-6-7-8-9-10-11-12-14(18)16-15-13(17)4-2/h3-12H2,1-2H3. The molecule has 0 bridgehead atoms. The zero-order valence-corrected chi connectivity index (χ0v) is 11.8. The van der Waals surface area contributed by atoms with Crippen LogP contribution in [0.25, 0.3) is 0 Å². The molecule has 4 heteroatoms. The summed E-state index contributed by atoms with van der Waals surface area (Å²) in [6.45, 7) is 3.91. The highest BCUT2D eigenvalue weighted by atomic mass is 16.2. The predicted octanol–water partition coefficient (Wildman–Crippen LogP) is 4.43. The first kappa shape index (κ1) is 16.9. The molecule has 0 fully saturated rings. The van der Waals surface area contributed by atoms with Gasteiger partial charge >= 0.3 is 0 Å². The van der Waals surface area contributed by atoms with Crippen molar-refractivity contribution >= 4 is 11.8 Å². The number of carbonyl (C=O) groups excluding carboxylic acids is 2. The van der Waals surface area contributed by atoms with E-state index in [4.69, 9.17) is 0 Å². The summed E-state index contributed by atoms with van der Waals surface area (Å²) in [5, 5.41) is 6.72. The van der Waals surface area contributed by atoms with Crippen molar-refractivity contribution in [1.29, 1.82) is 0 Å². The van der Waals surface area contributed by atoms with Crippen molar-refractivity contribution in [2.24, 2.45) is 10.2 Å². The molecule has 0 aromatic heterocycles. The minimum Gasteiger partial charge on any atom is -0.271 e. The highest BCUT2D eigenvalue weighted by molar-refractivity contribution is 5.81. The van der Waals surface area contributed by atoms with Gasteiger partial charge in [-0.05, 0) is 6.42 Å². The Bertz CT molecular complexity index is 263. The average Bonchev–Trinajstić information content (AvgIpc) is 2.39. The van der Waals surface area contributed by atoms with Crippen LogP contribution in [-0.2, 0) is 9.59 Å². The molecule has 0 aliphatic heterocycles. The van der Waals surface area contributed by atoms with Crippen LogP contribution in [0.2, 0.25) is 0 Å². The average molecular weight is 254 g/mol. The molecular formula is C14H26N2O2. The van der Waals surface area contributed by atoms with E-state index in [0.717, 1.165) is 12.8 Å². The van der Waals surface area contributed by atoms with Crippen LogP contribution in [0.1, 0.15) is 78.1 Å². The van der Waals surface area contributed by atoms with Gasteiger partial charge in [0.15, 0.2) is 0 Å². The summed E-state index contributed by atoms with van der Waals surface area (Å²) in [7, 11) is 0. The lowest BCUT2D eigenvalue weighted by atomic mass is 10.1. The fraction of sp³-hybridized carbons (Fsp3) is 0.857. The van der Waals surface area contributed by atoms with Crippen LogP contribution < -0.4 is 0 Å². The third-order valence-electron chi connectivity index (χ3n) is 2.82. The summed E-state index contributed by atoms with van der Waals surface area (Å²) in [5.41, 5.74) is 0. The van der Waals surface area contributed by atoms with Crippen molar-refractivity contribution in [3.8, 4) is 0 Å². The molecule has 104 valence electrons. The van der Waals surface area contributed by atoms with Gasteiger partial charge in [-0.2, -0.15) is 0 Å². The maximum absolute atomic E-state index is 11.2. The van der Waals surface area contributed by atoms with Crippen LogP contribution >= 0.6 is 0 Å². The van der Waals surface area contributed by atoms with Crippen LogP contribution in [0, 0.1) is 0 Å². The molecule has 18 heavy (non-hydrogen) atoms. The minimum absolute atomic E-state index is 0.275. The molecule has 0 aliphatic rings. The summed E-state index contributed by atoms with van der Waals surface area (Å²) in [4.78, 5) is 22.0. The molecule has 0 aromatic rings. The largest absolute Gasteiger partial charge is 0.271 e. The molecule has 0 aromatic carbocycles. The summed E-state index contributed by atoms with van der Waals surface area (Å²) < 4.78 is 0. The van der Waals surface area contributed by atoms with Gasteiger partial charge in [-0.15, -0.1) is 10.2 Å². The van der Waals surface area contributed by atoms with Crippen molar-refractivity contribution in [3.05, 3.63) is 0 Å². The molecule has 0 atom stereocenters. The lowest BCUT2D eigenvalue weighted by molar-refractivity contribution is -0.122. The molecule has 0 N–H and O–H groups in total. The van der Waals surface area contributed by atoms with Crippen LogP contribution in [0.15, 0.2) is 10.2 Å². The van der Waals surface area contributed by atoms with E-state index in [1.807, 2.05) is 0 Å². The van der Waals surface area contributed by atoms with Gasteiger partial charge in [-0.1, -0.05) is 58.8 Å². The molecule has 0 saturated carbocycles. The summed E-state index contributed by atoms with van der Waals surface area (Å²) in [6.07, 6.45) is 10.3. The second-order valence-corrected chi connectivity index (χ2v) is 4.57. The number of hydrogen-bond donors (Lipinski definition) is 0. The first-order valence-electron chi connectivity index (χ1n) is 7.18. The van der Waals surface area contributed by atoms with Crippen LogP contribution in [-0.4, -0.2) is 11.8 Å². The quantitative estimate of drug-likeness (QED) is 0.427. The molecule has 4 nitrogen and oxygen atoms in total. The van der Waals surface area contributed by atoms with E-state index in [9.17, 15) is 9.59 Å². The highest BCUT2D eigenvalue weighted by Crippen LogP contribution is 2.09. The van der Waals surface area contributed by atoms with E-state index >= 15 is 0 Å². The topological polar surface area (TPSA) is 58.9 Å². The van der Waals surface area contributed by atoms with Crippen molar-refractivity contribution in [1.82, 2.24) is 0 Å². The third-order valence-corrected chi connectivity index (χ3v) is 2.82. The van der Waals surface area contributed by atoms with Gasteiger partial charge in [0.1, 0.15) is 0 Å². The number of amides is 2. The van der Waals surface area contributed by atoms with Gasteiger partial charge < -0.3 is 0 Å². The SMILES string of the molecule is CCCCCCCCCCC(=O)N=NC(=O)CC. The Labute approximate surface area is 110 Å². The maximum Gasteiger partial charge on any atom is 0.264 e. The Morgan fingerprint density at radius 1 is 0.722 bits per heavy atom. The Balaban J connectivity index is 3.35. The van der Waals surface area contributed by atoms with Gasteiger partial charge in [0, 0.05) is 12.8 Å². The Hall–Kier alpha value is -1.06. The summed E-state index contributed by atoms with van der Waals surface area (Å²) in [5.74, 6) is -0.609. The zero-order valence-electron chi connectivity index (χ0n) is 11.8. The lowest BCUT2D eigenvalue weighted by Crippen LogP contribution is -1.95. The van der Waals surface area contributed by atoms with Gasteiger partial charge in [0.2, 0.25) is 0 Å². The van der Waals surface area contributed by atoms with Gasteiger partial charge in [-0.3, -0.25) is 9.59 Å². The number of unbranched alkanes of at least 4 members (excludes halogenated alkanes) is 7. The molecule has 0 aliphatic carbocycles. The molecule has 0 unspecified atom stereocenters. The van der Waals surface area contributed by atoms with Crippen molar-refractivity contribution in [2.75, 3.05) is 0 Å². The lowest BCUT2D eigenvalue weighted by Gasteiger charge is -1.99. The fourth-order valence-electron chi connectivity index (χ4n) is 1.64. The normalized spacial score (nSPS) is 11.0. The first-order chi connectivity index (χ1) is 8.70. The number of azo groups is 1.